The fourth-order valence-corrected chi connectivity index (χ4v) is 4.76. The molecule has 1 aromatic carbocycles. The molecule has 7 heteroatoms. The summed E-state index contributed by atoms with van der Waals surface area (Å²) in [6.45, 7) is 5.10. The van der Waals surface area contributed by atoms with Crippen LogP contribution in [0.15, 0.2) is 18.2 Å². The van der Waals surface area contributed by atoms with Gasteiger partial charge in [-0.1, -0.05) is 13.3 Å². The van der Waals surface area contributed by atoms with Gasteiger partial charge in [-0.3, -0.25) is 19.3 Å². The molecule has 0 aromatic heterocycles. The van der Waals surface area contributed by atoms with Crippen molar-refractivity contribution in [2.24, 2.45) is 0 Å². The first-order valence-electron chi connectivity index (χ1n) is 11.4. The van der Waals surface area contributed by atoms with Crippen molar-refractivity contribution in [2.45, 2.75) is 57.9 Å². The third kappa shape index (κ3) is 4.02. The van der Waals surface area contributed by atoms with E-state index >= 15 is 0 Å². The minimum atomic E-state index is -0.213. The molecule has 3 amide bonds. The van der Waals surface area contributed by atoms with Gasteiger partial charge in [0.2, 0.25) is 11.8 Å². The van der Waals surface area contributed by atoms with Gasteiger partial charge in [0.05, 0.1) is 11.4 Å². The van der Waals surface area contributed by atoms with Crippen molar-refractivity contribution in [2.75, 3.05) is 42.5 Å². The summed E-state index contributed by atoms with van der Waals surface area (Å²) >= 11 is 0. The number of benzene rings is 1. The SMILES string of the molecule is CCCCNC(=O)CN1C(=O)[C@@H]2CCCCN2c2ccc(C(=O)N3CCCC3)cc21. The van der Waals surface area contributed by atoms with Gasteiger partial charge in [-0.15, -0.1) is 0 Å². The van der Waals surface area contributed by atoms with Crippen molar-refractivity contribution in [3.05, 3.63) is 23.8 Å². The molecule has 162 valence electrons. The molecule has 0 saturated carbocycles. The first-order chi connectivity index (χ1) is 14.6. The first-order valence-corrected chi connectivity index (χ1v) is 11.4. The zero-order valence-corrected chi connectivity index (χ0v) is 17.9. The van der Waals surface area contributed by atoms with Gasteiger partial charge in [0.25, 0.3) is 5.91 Å². The van der Waals surface area contributed by atoms with Crippen LogP contribution in [0.1, 0.15) is 62.2 Å². The lowest BCUT2D eigenvalue weighted by Crippen LogP contribution is -2.57. The summed E-state index contributed by atoms with van der Waals surface area (Å²) in [5, 5.41) is 2.91. The van der Waals surface area contributed by atoms with Crippen molar-refractivity contribution < 1.29 is 14.4 Å². The first kappa shape index (κ1) is 20.7. The van der Waals surface area contributed by atoms with Gasteiger partial charge in [0.15, 0.2) is 0 Å². The molecule has 0 aliphatic carbocycles. The van der Waals surface area contributed by atoms with Gasteiger partial charge in [0, 0.05) is 31.7 Å². The van der Waals surface area contributed by atoms with Crippen molar-refractivity contribution in [3.8, 4) is 0 Å². The lowest BCUT2D eigenvalue weighted by atomic mass is 9.95. The highest BCUT2D eigenvalue weighted by atomic mass is 16.2. The summed E-state index contributed by atoms with van der Waals surface area (Å²) in [4.78, 5) is 44.4. The second kappa shape index (κ2) is 9.06. The molecule has 2 saturated heterocycles. The highest BCUT2D eigenvalue weighted by Gasteiger charge is 2.40. The van der Waals surface area contributed by atoms with E-state index in [4.69, 9.17) is 0 Å². The molecule has 0 radical (unpaired) electrons. The molecule has 0 spiro atoms. The normalized spacial score (nSPS) is 20.8. The minimum Gasteiger partial charge on any atom is -0.358 e. The Bertz CT molecular complexity index is 819. The standard InChI is InChI=1S/C23H32N4O3/c1-2-3-11-24-21(28)16-27-20-15-17(22(29)25-12-6-7-13-25)9-10-18(20)26-14-5-4-8-19(26)23(27)30/h9-10,15,19H,2-8,11-14,16H2,1H3,(H,24,28)/t19-/m0/s1. The average molecular weight is 413 g/mol. The number of unbranched alkanes of at least 4 members (excludes halogenated alkanes) is 1. The van der Waals surface area contributed by atoms with Crippen LogP contribution in [-0.4, -0.2) is 61.4 Å². The van der Waals surface area contributed by atoms with Gasteiger partial charge < -0.3 is 15.1 Å². The Balaban J connectivity index is 1.63. The second-order valence-corrected chi connectivity index (χ2v) is 8.54. The van der Waals surface area contributed by atoms with Crippen LogP contribution in [0.2, 0.25) is 0 Å². The number of likely N-dealkylation sites (tertiary alicyclic amines) is 1. The van der Waals surface area contributed by atoms with Gasteiger partial charge in [-0.2, -0.15) is 0 Å². The fourth-order valence-electron chi connectivity index (χ4n) is 4.76. The molecular weight excluding hydrogens is 380 g/mol. The Hall–Kier alpha value is -2.57. The maximum atomic E-state index is 13.3. The summed E-state index contributed by atoms with van der Waals surface area (Å²) in [7, 11) is 0. The zero-order valence-electron chi connectivity index (χ0n) is 17.9. The fraction of sp³-hybridized carbons (Fsp3) is 0.609. The van der Waals surface area contributed by atoms with E-state index in [-0.39, 0.29) is 30.3 Å². The molecule has 30 heavy (non-hydrogen) atoms. The van der Waals surface area contributed by atoms with Crippen molar-refractivity contribution in [3.63, 3.8) is 0 Å². The number of fused-ring (bicyclic) bond motifs is 3. The van der Waals surface area contributed by atoms with E-state index in [0.29, 0.717) is 17.8 Å². The number of nitrogens with zero attached hydrogens (tertiary/aromatic N) is 3. The third-order valence-electron chi connectivity index (χ3n) is 6.42. The van der Waals surface area contributed by atoms with Crippen LogP contribution in [0.5, 0.6) is 0 Å². The summed E-state index contributed by atoms with van der Waals surface area (Å²) < 4.78 is 0. The summed E-state index contributed by atoms with van der Waals surface area (Å²) in [5.74, 6) is -0.169. The van der Waals surface area contributed by atoms with Gasteiger partial charge in [-0.25, -0.2) is 0 Å². The molecule has 1 atom stereocenters. The van der Waals surface area contributed by atoms with E-state index in [9.17, 15) is 14.4 Å². The number of hydrogen-bond acceptors (Lipinski definition) is 4. The van der Waals surface area contributed by atoms with Crippen LogP contribution in [-0.2, 0) is 9.59 Å². The molecule has 2 fully saturated rings. The number of carbonyl (C=O) groups excluding carboxylic acids is 3. The number of nitrogens with one attached hydrogen (secondary N) is 1. The highest BCUT2D eigenvalue weighted by molar-refractivity contribution is 6.09. The monoisotopic (exact) mass is 412 g/mol. The molecule has 0 bridgehead atoms. The molecule has 1 aromatic rings. The molecule has 3 aliphatic heterocycles. The molecular formula is C23H32N4O3. The van der Waals surface area contributed by atoms with E-state index in [0.717, 1.165) is 70.3 Å². The topological polar surface area (TPSA) is 73.0 Å². The number of carbonyl (C=O) groups is 3. The number of hydrogen-bond donors (Lipinski definition) is 1. The number of amides is 3. The maximum Gasteiger partial charge on any atom is 0.253 e. The van der Waals surface area contributed by atoms with E-state index in [2.05, 4.69) is 17.1 Å². The quantitative estimate of drug-likeness (QED) is 0.729. The smallest absolute Gasteiger partial charge is 0.253 e. The van der Waals surface area contributed by atoms with Crippen LogP contribution >= 0.6 is 0 Å². The summed E-state index contributed by atoms with van der Waals surface area (Å²) in [6.07, 6.45) is 6.87. The van der Waals surface area contributed by atoms with E-state index in [1.807, 2.05) is 23.1 Å². The average Bonchev–Trinajstić information content (AvgIpc) is 3.31. The summed E-state index contributed by atoms with van der Waals surface area (Å²) in [6, 6.07) is 5.44. The maximum absolute atomic E-state index is 13.3. The molecule has 1 N–H and O–H groups in total. The van der Waals surface area contributed by atoms with Crippen LogP contribution in [0, 0.1) is 0 Å². The largest absolute Gasteiger partial charge is 0.358 e. The van der Waals surface area contributed by atoms with E-state index in [1.54, 1.807) is 4.90 Å². The van der Waals surface area contributed by atoms with Crippen LogP contribution in [0.4, 0.5) is 11.4 Å². The Morgan fingerprint density at radius 2 is 1.83 bits per heavy atom. The van der Waals surface area contributed by atoms with Gasteiger partial charge >= 0.3 is 0 Å². The summed E-state index contributed by atoms with van der Waals surface area (Å²) in [5.41, 5.74) is 2.24. The predicted octanol–water partition coefficient (Wildman–Crippen LogP) is 2.54. The van der Waals surface area contributed by atoms with Crippen LogP contribution in [0.25, 0.3) is 0 Å². The van der Waals surface area contributed by atoms with Gasteiger partial charge in [-0.05, 0) is 56.7 Å². The molecule has 3 aliphatic rings. The van der Waals surface area contributed by atoms with Crippen molar-refractivity contribution >= 4 is 29.1 Å². The highest BCUT2D eigenvalue weighted by Crippen LogP contribution is 2.40. The Kier molecular flexibility index (Phi) is 6.25. The molecule has 0 unspecified atom stereocenters. The zero-order chi connectivity index (χ0) is 21.1. The van der Waals surface area contributed by atoms with Gasteiger partial charge in [0.1, 0.15) is 12.6 Å². The second-order valence-electron chi connectivity index (χ2n) is 8.54. The number of anilines is 2. The van der Waals surface area contributed by atoms with Crippen molar-refractivity contribution in [1.29, 1.82) is 0 Å². The van der Waals surface area contributed by atoms with E-state index < -0.39 is 0 Å². The molecule has 4 rings (SSSR count). The minimum absolute atomic E-state index is 0.00124. The van der Waals surface area contributed by atoms with Crippen LogP contribution < -0.4 is 15.1 Å². The molecule has 3 heterocycles. The van der Waals surface area contributed by atoms with Crippen molar-refractivity contribution in [1.82, 2.24) is 10.2 Å². The number of rotatable bonds is 6. The number of piperidine rings is 1. The Morgan fingerprint density at radius 3 is 2.60 bits per heavy atom. The Labute approximate surface area is 178 Å². The molecule has 7 nitrogen and oxygen atoms in total. The lowest BCUT2D eigenvalue weighted by molar-refractivity contribution is -0.125. The van der Waals surface area contributed by atoms with E-state index in [1.165, 1.54) is 0 Å². The van der Waals surface area contributed by atoms with Crippen LogP contribution in [0.3, 0.4) is 0 Å². The Morgan fingerprint density at radius 1 is 1.07 bits per heavy atom. The third-order valence-corrected chi connectivity index (χ3v) is 6.42. The lowest BCUT2D eigenvalue weighted by Gasteiger charge is -2.45. The predicted molar refractivity (Wildman–Crippen MR) is 117 cm³/mol.